The minimum absolute atomic E-state index is 0.0444. The molecule has 25 heavy (non-hydrogen) atoms. The predicted octanol–water partition coefficient (Wildman–Crippen LogP) is 3.19. The topological polar surface area (TPSA) is 57.7 Å². The Morgan fingerprint density at radius 2 is 1.44 bits per heavy atom. The number of carbonyl (C=O) groups excluding carboxylic acids is 1. The molecule has 3 rings (SSSR count). The number of piperidine rings is 1. The van der Waals surface area contributed by atoms with E-state index in [1.54, 1.807) is 29.4 Å². The van der Waals surface area contributed by atoms with Gasteiger partial charge in [-0.05, 0) is 50.3 Å². The molecule has 2 saturated heterocycles. The van der Waals surface area contributed by atoms with Gasteiger partial charge in [0.1, 0.15) is 0 Å². The van der Waals surface area contributed by atoms with Gasteiger partial charge >= 0.3 is 0 Å². The molecular formula is C19H28N2O3S. The zero-order chi connectivity index (χ0) is 17.9. The summed E-state index contributed by atoms with van der Waals surface area (Å²) in [5, 5.41) is 0. The standard InChI is InChI=1S/C19H28N2O3S/c1-16-9-10-17(19(22)20-11-5-2-3-6-12-20)15-18(16)25(23,24)21-13-7-4-8-14-21/h9-10,15H,2-8,11-14H2,1H3. The van der Waals surface area contributed by atoms with Gasteiger partial charge in [0.2, 0.25) is 10.0 Å². The number of nitrogens with zero attached hydrogens (tertiary/aromatic N) is 2. The molecule has 2 aliphatic heterocycles. The van der Waals surface area contributed by atoms with Gasteiger partial charge in [-0.15, -0.1) is 0 Å². The quantitative estimate of drug-likeness (QED) is 0.828. The molecule has 0 aliphatic carbocycles. The SMILES string of the molecule is Cc1ccc(C(=O)N2CCCCCC2)cc1S(=O)(=O)N1CCCCC1. The van der Waals surface area contributed by atoms with Gasteiger partial charge in [0.05, 0.1) is 4.90 Å². The number of rotatable bonds is 3. The summed E-state index contributed by atoms with van der Waals surface area (Å²) < 4.78 is 27.6. The summed E-state index contributed by atoms with van der Waals surface area (Å²) >= 11 is 0. The lowest BCUT2D eigenvalue weighted by Gasteiger charge is -2.27. The van der Waals surface area contributed by atoms with Gasteiger partial charge in [-0.1, -0.05) is 25.3 Å². The summed E-state index contributed by atoms with van der Waals surface area (Å²) in [6.45, 7) is 4.48. The van der Waals surface area contributed by atoms with Crippen LogP contribution >= 0.6 is 0 Å². The van der Waals surface area contributed by atoms with Gasteiger partial charge in [0.15, 0.2) is 0 Å². The highest BCUT2D eigenvalue weighted by atomic mass is 32.2. The molecule has 138 valence electrons. The zero-order valence-corrected chi connectivity index (χ0v) is 15.9. The first-order valence-electron chi connectivity index (χ1n) is 9.40. The zero-order valence-electron chi connectivity index (χ0n) is 15.0. The predicted molar refractivity (Wildman–Crippen MR) is 98.2 cm³/mol. The number of amides is 1. The van der Waals surface area contributed by atoms with Crippen molar-refractivity contribution in [2.75, 3.05) is 26.2 Å². The van der Waals surface area contributed by atoms with Crippen molar-refractivity contribution in [2.24, 2.45) is 0 Å². The summed E-state index contributed by atoms with van der Waals surface area (Å²) in [4.78, 5) is 15.0. The molecule has 0 saturated carbocycles. The number of hydrogen-bond donors (Lipinski definition) is 0. The van der Waals surface area contributed by atoms with Crippen molar-refractivity contribution in [1.29, 1.82) is 0 Å². The lowest BCUT2D eigenvalue weighted by molar-refractivity contribution is 0.0761. The summed E-state index contributed by atoms with van der Waals surface area (Å²) in [7, 11) is -3.52. The molecule has 0 N–H and O–H groups in total. The third kappa shape index (κ3) is 4.06. The molecular weight excluding hydrogens is 336 g/mol. The highest BCUT2D eigenvalue weighted by molar-refractivity contribution is 7.89. The highest BCUT2D eigenvalue weighted by Gasteiger charge is 2.28. The Labute approximate surface area is 151 Å². The van der Waals surface area contributed by atoms with E-state index in [-0.39, 0.29) is 10.8 Å². The first-order chi connectivity index (χ1) is 12.0. The minimum Gasteiger partial charge on any atom is -0.339 e. The van der Waals surface area contributed by atoms with Gasteiger partial charge in [-0.2, -0.15) is 4.31 Å². The van der Waals surface area contributed by atoms with E-state index in [1.807, 2.05) is 4.90 Å². The summed E-state index contributed by atoms with van der Waals surface area (Å²) in [5.74, 6) is -0.0444. The fraction of sp³-hybridized carbons (Fsp3) is 0.632. The summed E-state index contributed by atoms with van der Waals surface area (Å²) in [6.07, 6.45) is 7.26. The van der Waals surface area contributed by atoms with E-state index in [9.17, 15) is 13.2 Å². The van der Waals surface area contributed by atoms with Crippen molar-refractivity contribution < 1.29 is 13.2 Å². The number of carbonyl (C=O) groups is 1. The normalized spacial score (nSPS) is 20.3. The number of aryl methyl sites for hydroxylation is 1. The van der Waals surface area contributed by atoms with Crippen LogP contribution in [-0.4, -0.2) is 49.7 Å². The van der Waals surface area contributed by atoms with E-state index in [4.69, 9.17) is 0 Å². The van der Waals surface area contributed by atoms with Crippen LogP contribution in [0.15, 0.2) is 23.1 Å². The van der Waals surface area contributed by atoms with Crippen LogP contribution in [0.1, 0.15) is 60.9 Å². The van der Waals surface area contributed by atoms with Gasteiger partial charge in [-0.3, -0.25) is 4.79 Å². The van der Waals surface area contributed by atoms with Gasteiger partial charge in [0.25, 0.3) is 5.91 Å². The molecule has 0 aromatic heterocycles. The van der Waals surface area contributed by atoms with Crippen molar-refractivity contribution in [1.82, 2.24) is 9.21 Å². The molecule has 1 aromatic rings. The maximum atomic E-state index is 13.0. The maximum Gasteiger partial charge on any atom is 0.253 e. The molecule has 1 aromatic carbocycles. The van der Waals surface area contributed by atoms with Gasteiger partial charge < -0.3 is 4.90 Å². The van der Waals surface area contributed by atoms with Crippen LogP contribution in [0.3, 0.4) is 0 Å². The Balaban J connectivity index is 1.88. The number of sulfonamides is 1. The van der Waals surface area contributed by atoms with Gasteiger partial charge in [0, 0.05) is 31.7 Å². The Hall–Kier alpha value is -1.40. The molecule has 0 bridgehead atoms. The van der Waals surface area contributed by atoms with Crippen molar-refractivity contribution in [3.8, 4) is 0 Å². The Kier molecular flexibility index (Phi) is 5.79. The Morgan fingerprint density at radius 1 is 0.880 bits per heavy atom. The van der Waals surface area contributed by atoms with Crippen LogP contribution < -0.4 is 0 Å². The lowest BCUT2D eigenvalue weighted by Crippen LogP contribution is -2.36. The first kappa shape index (κ1) is 18.4. The molecule has 0 atom stereocenters. The van der Waals surface area contributed by atoms with Crippen molar-refractivity contribution in [3.63, 3.8) is 0 Å². The van der Waals surface area contributed by atoms with E-state index in [0.717, 1.165) is 58.0 Å². The molecule has 2 fully saturated rings. The number of benzene rings is 1. The van der Waals surface area contributed by atoms with Crippen LogP contribution in [0.5, 0.6) is 0 Å². The molecule has 2 heterocycles. The molecule has 0 radical (unpaired) electrons. The van der Waals surface area contributed by atoms with Crippen molar-refractivity contribution >= 4 is 15.9 Å². The van der Waals surface area contributed by atoms with Crippen LogP contribution in [-0.2, 0) is 10.0 Å². The Bertz CT molecular complexity index is 716. The Morgan fingerprint density at radius 3 is 2.08 bits per heavy atom. The summed E-state index contributed by atoms with van der Waals surface area (Å²) in [5.41, 5.74) is 1.20. The third-order valence-electron chi connectivity index (χ3n) is 5.26. The van der Waals surface area contributed by atoms with E-state index >= 15 is 0 Å². The van der Waals surface area contributed by atoms with Crippen LogP contribution in [0.4, 0.5) is 0 Å². The fourth-order valence-electron chi connectivity index (χ4n) is 3.71. The van der Waals surface area contributed by atoms with E-state index < -0.39 is 10.0 Å². The minimum atomic E-state index is -3.52. The number of hydrogen-bond acceptors (Lipinski definition) is 3. The largest absolute Gasteiger partial charge is 0.339 e. The molecule has 5 nitrogen and oxygen atoms in total. The average molecular weight is 365 g/mol. The van der Waals surface area contributed by atoms with Crippen molar-refractivity contribution in [2.45, 2.75) is 56.8 Å². The van der Waals surface area contributed by atoms with E-state index in [2.05, 4.69) is 0 Å². The third-order valence-corrected chi connectivity index (χ3v) is 7.30. The van der Waals surface area contributed by atoms with Crippen LogP contribution in [0.2, 0.25) is 0 Å². The van der Waals surface area contributed by atoms with Crippen LogP contribution in [0, 0.1) is 6.92 Å². The molecule has 6 heteroatoms. The second-order valence-electron chi connectivity index (χ2n) is 7.15. The summed E-state index contributed by atoms with van der Waals surface area (Å²) in [6, 6.07) is 5.12. The lowest BCUT2D eigenvalue weighted by atomic mass is 10.1. The smallest absolute Gasteiger partial charge is 0.253 e. The molecule has 0 spiro atoms. The molecule has 2 aliphatic rings. The fourth-order valence-corrected chi connectivity index (χ4v) is 5.48. The second-order valence-corrected chi connectivity index (χ2v) is 9.06. The molecule has 0 unspecified atom stereocenters. The van der Waals surface area contributed by atoms with E-state index in [1.165, 1.54) is 0 Å². The molecule has 1 amide bonds. The van der Waals surface area contributed by atoms with E-state index in [0.29, 0.717) is 24.2 Å². The number of likely N-dealkylation sites (tertiary alicyclic amines) is 1. The van der Waals surface area contributed by atoms with Gasteiger partial charge in [-0.25, -0.2) is 8.42 Å². The van der Waals surface area contributed by atoms with Crippen molar-refractivity contribution in [3.05, 3.63) is 29.3 Å². The van der Waals surface area contributed by atoms with Crippen LogP contribution in [0.25, 0.3) is 0 Å². The second kappa shape index (κ2) is 7.87. The monoisotopic (exact) mass is 364 g/mol. The maximum absolute atomic E-state index is 13.0. The highest BCUT2D eigenvalue weighted by Crippen LogP contribution is 2.25. The first-order valence-corrected chi connectivity index (χ1v) is 10.8. The average Bonchev–Trinajstić information content (AvgIpc) is 2.91.